The Morgan fingerprint density at radius 3 is 2.57 bits per heavy atom. The van der Waals surface area contributed by atoms with Gasteiger partial charge in [0.2, 0.25) is 0 Å². The lowest BCUT2D eigenvalue weighted by Crippen LogP contribution is -2.11. The highest BCUT2D eigenvalue weighted by molar-refractivity contribution is 7.80. The second-order valence-electron chi connectivity index (χ2n) is 4.35. The number of imidazole rings is 1. The summed E-state index contributed by atoms with van der Waals surface area (Å²) in [6.45, 7) is 0. The third-order valence-electron chi connectivity index (χ3n) is 2.91. The first-order chi connectivity index (χ1) is 10.2. The van der Waals surface area contributed by atoms with E-state index in [1.165, 1.54) is 0 Å². The van der Waals surface area contributed by atoms with E-state index in [9.17, 15) is 4.79 Å². The molecule has 1 N–H and O–H groups in total. The molecule has 0 bridgehead atoms. The van der Waals surface area contributed by atoms with Gasteiger partial charge in [0.15, 0.2) is 0 Å². The van der Waals surface area contributed by atoms with Crippen molar-refractivity contribution < 1.29 is 4.79 Å². The van der Waals surface area contributed by atoms with Crippen LogP contribution in [0.2, 0.25) is 0 Å². The summed E-state index contributed by atoms with van der Waals surface area (Å²) in [5.41, 5.74) is 2.11. The molecule has 0 fully saturated rings. The molecule has 5 heteroatoms. The summed E-state index contributed by atoms with van der Waals surface area (Å²) in [4.78, 5) is 16.7. The maximum atomic E-state index is 12.0. The van der Waals surface area contributed by atoms with Gasteiger partial charge in [-0.25, -0.2) is 4.98 Å². The van der Waals surface area contributed by atoms with Gasteiger partial charge in [-0.15, -0.1) is 12.6 Å². The number of nitrogens with zero attached hydrogens (tertiary/aromatic N) is 2. The van der Waals surface area contributed by atoms with E-state index in [0.29, 0.717) is 16.1 Å². The fraction of sp³-hybridized carbons (Fsp3) is 0. The number of carbonyl (C=O) groups is 1. The zero-order chi connectivity index (χ0) is 14.7. The number of benzene rings is 1. The SMILES string of the molecule is O=C(Nc1ccc(-n2ccnc2)cc1)c1c#cc(S)cc1. The van der Waals surface area contributed by atoms with E-state index >= 15 is 0 Å². The van der Waals surface area contributed by atoms with E-state index in [0.717, 1.165) is 5.69 Å². The van der Waals surface area contributed by atoms with Crippen molar-refractivity contribution in [3.63, 3.8) is 0 Å². The smallest absolute Gasteiger partial charge is 0.264 e. The first kappa shape index (κ1) is 13.3. The van der Waals surface area contributed by atoms with Crippen molar-refractivity contribution in [1.82, 2.24) is 9.55 Å². The molecule has 2 aromatic carbocycles. The molecule has 4 nitrogen and oxygen atoms in total. The second kappa shape index (κ2) is 5.73. The van der Waals surface area contributed by atoms with Crippen LogP contribution in [0.25, 0.3) is 5.69 Å². The lowest BCUT2D eigenvalue weighted by atomic mass is 10.2. The lowest BCUT2D eigenvalue weighted by molar-refractivity contribution is 0.102. The van der Waals surface area contributed by atoms with Crippen LogP contribution in [0.5, 0.6) is 0 Å². The largest absolute Gasteiger partial charge is 0.321 e. The van der Waals surface area contributed by atoms with Crippen molar-refractivity contribution in [2.75, 3.05) is 5.32 Å². The lowest BCUT2D eigenvalue weighted by Gasteiger charge is -2.06. The van der Waals surface area contributed by atoms with Crippen LogP contribution >= 0.6 is 12.6 Å². The van der Waals surface area contributed by atoms with Crippen molar-refractivity contribution in [2.45, 2.75) is 4.90 Å². The fourth-order valence-electron chi connectivity index (χ4n) is 1.84. The Hall–Kier alpha value is -2.71. The van der Waals surface area contributed by atoms with Gasteiger partial charge >= 0.3 is 0 Å². The number of aromatic nitrogens is 2. The molecule has 102 valence electrons. The van der Waals surface area contributed by atoms with Crippen molar-refractivity contribution in [2.24, 2.45) is 0 Å². The molecule has 0 atom stereocenters. The quantitative estimate of drug-likeness (QED) is 0.729. The van der Waals surface area contributed by atoms with Gasteiger partial charge in [-0.1, -0.05) is 12.1 Å². The molecule has 0 aliphatic heterocycles. The Morgan fingerprint density at radius 1 is 1.14 bits per heavy atom. The number of rotatable bonds is 3. The minimum absolute atomic E-state index is 0.227. The zero-order valence-electron chi connectivity index (χ0n) is 10.9. The Labute approximate surface area is 127 Å². The minimum atomic E-state index is -0.227. The van der Waals surface area contributed by atoms with Crippen LogP contribution in [0.15, 0.2) is 60.0 Å². The molecular weight excluding hydrogens is 282 g/mol. The number of anilines is 1. The molecule has 1 amide bonds. The van der Waals surface area contributed by atoms with Crippen LogP contribution in [0.1, 0.15) is 10.4 Å². The summed E-state index contributed by atoms with van der Waals surface area (Å²) in [7, 11) is 0. The van der Waals surface area contributed by atoms with Crippen LogP contribution < -0.4 is 5.32 Å². The van der Waals surface area contributed by atoms with Crippen molar-refractivity contribution in [1.29, 1.82) is 0 Å². The van der Waals surface area contributed by atoms with Crippen LogP contribution in [0.4, 0.5) is 5.69 Å². The van der Waals surface area contributed by atoms with Crippen LogP contribution in [-0.2, 0) is 0 Å². The summed E-state index contributed by atoms with van der Waals surface area (Å²) in [6.07, 6.45) is 5.29. The Balaban J connectivity index is 1.73. The van der Waals surface area contributed by atoms with Crippen LogP contribution in [-0.4, -0.2) is 15.5 Å². The average Bonchev–Trinajstić information content (AvgIpc) is 3.03. The van der Waals surface area contributed by atoms with Crippen molar-refractivity contribution in [3.8, 4) is 5.69 Å². The summed E-state index contributed by atoms with van der Waals surface area (Å²) in [6, 6.07) is 16.4. The van der Waals surface area contributed by atoms with Gasteiger partial charge in [0.05, 0.1) is 16.8 Å². The molecular formula is C16H11N3OS. The van der Waals surface area contributed by atoms with Crippen molar-refractivity contribution >= 4 is 24.2 Å². The standard InChI is InChI=1S/C16H11N3OS/c20-16(12-1-7-15(21)8-2-12)18-13-3-5-14(6-4-13)19-10-9-17-11-19/h1,3-7,9-11,21H,(H,18,20). The van der Waals surface area contributed by atoms with E-state index in [1.54, 1.807) is 24.7 Å². The summed E-state index contributed by atoms with van der Waals surface area (Å²) < 4.78 is 1.89. The first-order valence-corrected chi connectivity index (χ1v) is 6.70. The molecule has 3 rings (SSSR count). The van der Waals surface area contributed by atoms with E-state index in [1.807, 2.05) is 35.0 Å². The number of hydrogen-bond donors (Lipinski definition) is 2. The molecule has 0 saturated carbocycles. The molecule has 1 aromatic heterocycles. The van der Waals surface area contributed by atoms with Crippen molar-refractivity contribution in [3.05, 3.63) is 72.8 Å². The van der Waals surface area contributed by atoms with Gasteiger partial charge in [0.1, 0.15) is 0 Å². The van der Waals surface area contributed by atoms with Crippen LogP contribution in [0.3, 0.4) is 0 Å². The normalized spacial score (nSPS) is 9.95. The topological polar surface area (TPSA) is 46.9 Å². The number of thiol groups is 1. The van der Waals surface area contributed by atoms with E-state index < -0.39 is 0 Å². The first-order valence-electron chi connectivity index (χ1n) is 6.25. The predicted molar refractivity (Wildman–Crippen MR) is 82.9 cm³/mol. The Kier molecular flexibility index (Phi) is 3.63. The van der Waals surface area contributed by atoms with E-state index in [4.69, 9.17) is 0 Å². The molecule has 1 heterocycles. The van der Waals surface area contributed by atoms with E-state index in [-0.39, 0.29) is 5.91 Å². The second-order valence-corrected chi connectivity index (χ2v) is 4.84. The summed E-state index contributed by atoms with van der Waals surface area (Å²) in [5.74, 6) is -0.227. The molecule has 21 heavy (non-hydrogen) atoms. The zero-order valence-corrected chi connectivity index (χ0v) is 11.8. The fourth-order valence-corrected chi connectivity index (χ4v) is 1.97. The average molecular weight is 293 g/mol. The van der Waals surface area contributed by atoms with Gasteiger partial charge in [-0.05, 0) is 36.4 Å². The summed E-state index contributed by atoms with van der Waals surface area (Å²) in [5, 5.41) is 2.81. The van der Waals surface area contributed by atoms with Gasteiger partial charge in [0, 0.05) is 23.8 Å². The molecule has 0 radical (unpaired) electrons. The molecule has 0 saturated heterocycles. The number of carbonyl (C=O) groups excluding carboxylic acids is 1. The summed E-state index contributed by atoms with van der Waals surface area (Å²) >= 11 is 4.11. The van der Waals surface area contributed by atoms with Gasteiger partial charge in [0.25, 0.3) is 5.91 Å². The maximum Gasteiger partial charge on any atom is 0.264 e. The molecule has 0 spiro atoms. The minimum Gasteiger partial charge on any atom is -0.321 e. The van der Waals surface area contributed by atoms with Crippen LogP contribution in [0, 0.1) is 12.1 Å². The number of amides is 1. The molecule has 0 aliphatic carbocycles. The highest BCUT2D eigenvalue weighted by Gasteiger charge is 2.05. The third kappa shape index (κ3) is 3.07. The molecule has 0 aliphatic rings. The van der Waals surface area contributed by atoms with Gasteiger partial charge in [-0.2, -0.15) is 0 Å². The highest BCUT2D eigenvalue weighted by atomic mass is 32.1. The predicted octanol–water partition coefficient (Wildman–Crippen LogP) is 3.01. The monoisotopic (exact) mass is 293 g/mol. The number of hydrogen-bond acceptors (Lipinski definition) is 3. The van der Waals surface area contributed by atoms with Gasteiger partial charge in [-0.3, -0.25) is 4.79 Å². The number of nitrogens with one attached hydrogen (secondary N) is 1. The highest BCUT2D eigenvalue weighted by Crippen LogP contribution is 2.14. The molecule has 0 unspecified atom stereocenters. The Morgan fingerprint density at radius 2 is 1.95 bits per heavy atom. The Bertz CT molecular complexity index is 734. The maximum absolute atomic E-state index is 12.0. The molecule has 3 aromatic rings. The van der Waals surface area contributed by atoms with Gasteiger partial charge < -0.3 is 9.88 Å². The van der Waals surface area contributed by atoms with E-state index in [2.05, 4.69) is 35.1 Å². The third-order valence-corrected chi connectivity index (χ3v) is 3.17.